The summed E-state index contributed by atoms with van der Waals surface area (Å²) in [6, 6.07) is 15.7. The van der Waals surface area contributed by atoms with Gasteiger partial charge in [-0.3, -0.25) is 4.79 Å². The average molecular weight is 364 g/mol. The molecular weight excluding hydrogens is 336 g/mol. The molecule has 27 heavy (non-hydrogen) atoms. The van der Waals surface area contributed by atoms with Gasteiger partial charge in [0.15, 0.2) is 0 Å². The van der Waals surface area contributed by atoms with Crippen LogP contribution in [0.15, 0.2) is 48.5 Å². The largest absolute Gasteiger partial charge is 0.457 e. The fourth-order valence-electron chi connectivity index (χ4n) is 4.54. The third kappa shape index (κ3) is 3.34. The van der Waals surface area contributed by atoms with E-state index in [1.165, 1.54) is 19.3 Å². The molecule has 1 fully saturated rings. The van der Waals surface area contributed by atoms with E-state index < -0.39 is 0 Å². The smallest absolute Gasteiger partial charge is 0.232 e. The highest BCUT2D eigenvalue weighted by molar-refractivity contribution is 5.89. The number of benzene rings is 2. The van der Waals surface area contributed by atoms with Crippen LogP contribution in [0, 0.1) is 0 Å². The Morgan fingerprint density at radius 3 is 2.11 bits per heavy atom. The van der Waals surface area contributed by atoms with E-state index in [0.717, 1.165) is 35.5 Å². The van der Waals surface area contributed by atoms with Crippen LogP contribution in [0.3, 0.4) is 0 Å². The van der Waals surface area contributed by atoms with Crippen molar-refractivity contribution in [1.29, 1.82) is 0 Å². The number of rotatable bonds is 4. The lowest BCUT2D eigenvalue weighted by Crippen LogP contribution is -2.54. The first-order valence-electron chi connectivity index (χ1n) is 9.92. The summed E-state index contributed by atoms with van der Waals surface area (Å²) in [5.74, 6) is 1.28. The predicted molar refractivity (Wildman–Crippen MR) is 107 cm³/mol. The van der Waals surface area contributed by atoms with Crippen molar-refractivity contribution in [3.05, 3.63) is 59.7 Å². The lowest BCUT2D eigenvalue weighted by atomic mass is 9.80. The molecule has 4 rings (SSSR count). The number of carbonyl (C=O) groups is 1. The summed E-state index contributed by atoms with van der Waals surface area (Å²) in [6.07, 6.45) is 6.04. The van der Waals surface area contributed by atoms with Crippen molar-refractivity contribution in [3.8, 4) is 11.5 Å². The number of hydrogen-bond acceptors (Lipinski definition) is 3. The zero-order valence-electron chi connectivity index (χ0n) is 16.2. The SMILES string of the molecule is CN(C)C1(CNC(=O)C2c3ccccc3Oc3ccccc32)CCCCC1. The fourth-order valence-corrected chi connectivity index (χ4v) is 4.54. The first kappa shape index (κ1) is 18.1. The van der Waals surface area contributed by atoms with Crippen molar-refractivity contribution >= 4 is 5.91 Å². The summed E-state index contributed by atoms with van der Waals surface area (Å²) in [5.41, 5.74) is 1.95. The van der Waals surface area contributed by atoms with Crippen LogP contribution in [-0.4, -0.2) is 37.0 Å². The Hall–Kier alpha value is -2.33. The summed E-state index contributed by atoms with van der Waals surface area (Å²) in [5, 5.41) is 3.29. The molecule has 1 aliphatic carbocycles. The number of nitrogens with zero attached hydrogens (tertiary/aromatic N) is 1. The van der Waals surface area contributed by atoms with Gasteiger partial charge in [0.1, 0.15) is 11.5 Å². The first-order chi connectivity index (χ1) is 13.1. The molecule has 1 heterocycles. The lowest BCUT2D eigenvalue weighted by Gasteiger charge is -2.43. The Labute approximate surface area is 161 Å². The molecule has 2 aliphatic rings. The number of amides is 1. The van der Waals surface area contributed by atoms with E-state index in [2.05, 4.69) is 24.3 Å². The average Bonchev–Trinajstić information content (AvgIpc) is 2.70. The Bertz CT molecular complexity index is 779. The summed E-state index contributed by atoms with van der Waals surface area (Å²) in [4.78, 5) is 15.6. The number of hydrogen-bond donors (Lipinski definition) is 1. The summed E-state index contributed by atoms with van der Waals surface area (Å²) in [7, 11) is 4.27. The lowest BCUT2D eigenvalue weighted by molar-refractivity contribution is -0.122. The van der Waals surface area contributed by atoms with Crippen molar-refractivity contribution < 1.29 is 9.53 Å². The minimum atomic E-state index is -0.325. The fraction of sp³-hybridized carbons (Fsp3) is 0.435. The zero-order valence-corrected chi connectivity index (χ0v) is 16.2. The van der Waals surface area contributed by atoms with E-state index in [1.54, 1.807) is 0 Å². The van der Waals surface area contributed by atoms with E-state index in [9.17, 15) is 4.79 Å². The van der Waals surface area contributed by atoms with E-state index in [-0.39, 0.29) is 17.4 Å². The van der Waals surface area contributed by atoms with Gasteiger partial charge in [0.25, 0.3) is 0 Å². The van der Waals surface area contributed by atoms with Gasteiger partial charge in [-0.1, -0.05) is 55.7 Å². The maximum atomic E-state index is 13.3. The molecule has 0 bridgehead atoms. The van der Waals surface area contributed by atoms with Crippen LogP contribution in [0.25, 0.3) is 0 Å². The Morgan fingerprint density at radius 1 is 1.00 bits per heavy atom. The van der Waals surface area contributed by atoms with E-state index >= 15 is 0 Å². The van der Waals surface area contributed by atoms with Crippen molar-refractivity contribution in [2.24, 2.45) is 0 Å². The zero-order chi connectivity index (χ0) is 18.9. The number of para-hydroxylation sites is 2. The number of carbonyl (C=O) groups excluding carboxylic acids is 1. The molecular formula is C23H28N2O2. The third-order valence-electron chi connectivity index (χ3n) is 6.27. The van der Waals surface area contributed by atoms with Crippen LogP contribution >= 0.6 is 0 Å². The molecule has 4 nitrogen and oxygen atoms in total. The highest BCUT2D eigenvalue weighted by Gasteiger charge is 2.37. The number of likely N-dealkylation sites (N-methyl/N-ethyl adjacent to an activating group) is 1. The van der Waals surface area contributed by atoms with E-state index in [4.69, 9.17) is 4.74 Å². The quantitative estimate of drug-likeness (QED) is 0.879. The van der Waals surface area contributed by atoms with Gasteiger partial charge < -0.3 is 15.0 Å². The van der Waals surface area contributed by atoms with Gasteiger partial charge >= 0.3 is 0 Å². The topological polar surface area (TPSA) is 41.6 Å². The van der Waals surface area contributed by atoms with Gasteiger partial charge in [0, 0.05) is 23.2 Å². The molecule has 4 heteroatoms. The molecule has 0 aromatic heterocycles. The van der Waals surface area contributed by atoms with Gasteiger partial charge in [-0.25, -0.2) is 0 Å². The van der Waals surface area contributed by atoms with Crippen LogP contribution < -0.4 is 10.1 Å². The molecule has 2 aromatic carbocycles. The molecule has 0 unspecified atom stereocenters. The van der Waals surface area contributed by atoms with E-state index in [0.29, 0.717) is 6.54 Å². The van der Waals surface area contributed by atoms with Gasteiger partial charge in [0.2, 0.25) is 5.91 Å². The van der Waals surface area contributed by atoms with Crippen LogP contribution in [0.1, 0.15) is 49.1 Å². The molecule has 2 aromatic rings. The van der Waals surface area contributed by atoms with Crippen LogP contribution in [0.5, 0.6) is 11.5 Å². The molecule has 1 amide bonds. The van der Waals surface area contributed by atoms with E-state index in [1.807, 2.05) is 48.5 Å². The minimum Gasteiger partial charge on any atom is -0.457 e. The summed E-state index contributed by atoms with van der Waals surface area (Å²) in [6.45, 7) is 0.695. The summed E-state index contributed by atoms with van der Waals surface area (Å²) < 4.78 is 6.02. The third-order valence-corrected chi connectivity index (χ3v) is 6.27. The summed E-state index contributed by atoms with van der Waals surface area (Å²) >= 11 is 0. The number of fused-ring (bicyclic) bond motifs is 2. The molecule has 1 N–H and O–H groups in total. The van der Waals surface area contributed by atoms with Gasteiger partial charge in [-0.2, -0.15) is 0 Å². The monoisotopic (exact) mass is 364 g/mol. The second-order valence-corrected chi connectivity index (χ2v) is 8.01. The minimum absolute atomic E-state index is 0.0602. The van der Waals surface area contributed by atoms with Crippen molar-refractivity contribution in [2.75, 3.05) is 20.6 Å². The molecule has 0 radical (unpaired) electrons. The van der Waals surface area contributed by atoms with Crippen LogP contribution in [-0.2, 0) is 4.79 Å². The second kappa shape index (κ2) is 7.35. The second-order valence-electron chi connectivity index (χ2n) is 8.01. The molecule has 1 saturated carbocycles. The molecule has 0 spiro atoms. The molecule has 142 valence electrons. The molecule has 0 atom stereocenters. The first-order valence-corrected chi connectivity index (χ1v) is 9.92. The normalized spacial score (nSPS) is 18.3. The standard InChI is InChI=1S/C23H28N2O2/c1-25(2)23(14-8-3-9-15-23)16-24-22(26)21-17-10-4-6-12-19(17)27-20-13-7-5-11-18(20)21/h4-7,10-13,21H,3,8-9,14-16H2,1-2H3,(H,24,26). The number of nitrogens with one attached hydrogen (secondary N) is 1. The number of ether oxygens (including phenoxy) is 1. The van der Waals surface area contributed by atoms with Gasteiger partial charge in [-0.05, 0) is 39.1 Å². The van der Waals surface area contributed by atoms with Crippen LogP contribution in [0.2, 0.25) is 0 Å². The highest BCUT2D eigenvalue weighted by Crippen LogP contribution is 2.44. The Kier molecular flexibility index (Phi) is 4.92. The maximum absolute atomic E-state index is 13.3. The van der Waals surface area contributed by atoms with Crippen molar-refractivity contribution in [2.45, 2.75) is 43.6 Å². The Morgan fingerprint density at radius 2 is 1.56 bits per heavy atom. The van der Waals surface area contributed by atoms with Crippen LogP contribution in [0.4, 0.5) is 0 Å². The van der Waals surface area contributed by atoms with Crippen molar-refractivity contribution in [3.63, 3.8) is 0 Å². The Balaban J connectivity index is 1.60. The molecule has 0 saturated heterocycles. The van der Waals surface area contributed by atoms with Crippen molar-refractivity contribution in [1.82, 2.24) is 10.2 Å². The van der Waals surface area contributed by atoms with Gasteiger partial charge in [-0.15, -0.1) is 0 Å². The predicted octanol–water partition coefficient (Wildman–Crippen LogP) is 4.30. The highest BCUT2D eigenvalue weighted by atomic mass is 16.5. The molecule has 1 aliphatic heterocycles. The van der Waals surface area contributed by atoms with Gasteiger partial charge in [0.05, 0.1) is 5.92 Å². The maximum Gasteiger partial charge on any atom is 0.232 e.